The van der Waals surface area contributed by atoms with Crippen molar-refractivity contribution in [3.8, 4) is 0 Å². The number of thiazole rings is 1. The predicted molar refractivity (Wildman–Crippen MR) is 103 cm³/mol. The van der Waals surface area contributed by atoms with Gasteiger partial charge in [0.15, 0.2) is 15.8 Å². The summed E-state index contributed by atoms with van der Waals surface area (Å²) in [6.07, 6.45) is 0.507. The third-order valence-corrected chi connectivity index (χ3v) is 6.58. The highest BCUT2D eigenvalue weighted by atomic mass is 32.2. The van der Waals surface area contributed by atoms with Crippen LogP contribution in [0.15, 0.2) is 40.2 Å². The molecule has 0 aliphatic rings. The molecular formula is C17H24N4O2S2. The van der Waals surface area contributed by atoms with Crippen LogP contribution in [0.1, 0.15) is 22.0 Å². The van der Waals surface area contributed by atoms with Gasteiger partial charge in [-0.3, -0.25) is 4.99 Å². The van der Waals surface area contributed by atoms with Crippen molar-refractivity contribution in [3.05, 3.63) is 45.9 Å². The summed E-state index contributed by atoms with van der Waals surface area (Å²) in [6.45, 7) is 5.18. The molecule has 0 spiro atoms. The first-order valence-corrected chi connectivity index (χ1v) is 10.5. The van der Waals surface area contributed by atoms with Crippen LogP contribution in [0.5, 0.6) is 0 Å². The molecular weight excluding hydrogens is 356 g/mol. The number of hydrogen-bond acceptors (Lipinski definition) is 5. The van der Waals surface area contributed by atoms with Crippen LogP contribution in [0.2, 0.25) is 0 Å². The zero-order valence-corrected chi connectivity index (χ0v) is 16.4. The number of benzene rings is 1. The zero-order valence-electron chi connectivity index (χ0n) is 14.7. The molecule has 0 bridgehead atoms. The fraction of sp³-hybridized carbons (Fsp3) is 0.412. The Labute approximate surface area is 153 Å². The lowest BCUT2D eigenvalue weighted by Crippen LogP contribution is -2.37. The Kier molecular flexibility index (Phi) is 6.95. The third-order valence-electron chi connectivity index (χ3n) is 3.69. The lowest BCUT2D eigenvalue weighted by molar-refractivity contribution is 0.592. The number of hydrogen-bond donors (Lipinski definition) is 2. The fourth-order valence-corrected chi connectivity index (χ4v) is 4.41. The highest BCUT2D eigenvalue weighted by Gasteiger charge is 2.13. The summed E-state index contributed by atoms with van der Waals surface area (Å²) in [5.41, 5.74) is 1.05. The maximum absolute atomic E-state index is 12.2. The molecule has 6 nitrogen and oxygen atoms in total. The third kappa shape index (κ3) is 5.82. The Balaban J connectivity index is 1.76. The largest absolute Gasteiger partial charge is 0.356 e. The first kappa shape index (κ1) is 19.4. The van der Waals surface area contributed by atoms with Gasteiger partial charge in [0.25, 0.3) is 0 Å². The van der Waals surface area contributed by atoms with Crippen LogP contribution in [0.3, 0.4) is 0 Å². The van der Waals surface area contributed by atoms with Crippen molar-refractivity contribution in [1.82, 2.24) is 15.6 Å². The van der Waals surface area contributed by atoms with Crippen LogP contribution in [0, 0.1) is 13.8 Å². The smallest absolute Gasteiger partial charge is 0.191 e. The second-order valence-corrected chi connectivity index (χ2v) is 8.98. The summed E-state index contributed by atoms with van der Waals surface area (Å²) in [7, 11) is -1.54. The second-order valence-electron chi connectivity index (χ2n) is 5.59. The van der Waals surface area contributed by atoms with E-state index in [2.05, 4.69) is 27.5 Å². The number of aryl methyl sites for hydroxylation is 2. The summed E-state index contributed by atoms with van der Waals surface area (Å²) in [4.78, 5) is 10.2. The lowest BCUT2D eigenvalue weighted by atomic mass is 10.4. The molecule has 2 rings (SSSR count). The van der Waals surface area contributed by atoms with Crippen LogP contribution in [-0.4, -0.2) is 38.7 Å². The monoisotopic (exact) mass is 380 g/mol. The molecule has 1 aromatic carbocycles. The molecule has 2 aromatic rings. The van der Waals surface area contributed by atoms with Crippen LogP contribution >= 0.6 is 11.3 Å². The topological polar surface area (TPSA) is 83.5 Å². The summed E-state index contributed by atoms with van der Waals surface area (Å²) in [6, 6.07) is 8.53. The van der Waals surface area contributed by atoms with E-state index in [9.17, 15) is 8.42 Å². The Morgan fingerprint density at radius 2 is 1.92 bits per heavy atom. The van der Waals surface area contributed by atoms with Gasteiger partial charge in [-0.1, -0.05) is 18.2 Å². The number of guanidine groups is 1. The average molecular weight is 381 g/mol. The van der Waals surface area contributed by atoms with Crippen molar-refractivity contribution >= 4 is 27.1 Å². The number of nitrogens with one attached hydrogen (secondary N) is 2. The van der Waals surface area contributed by atoms with E-state index in [1.54, 1.807) is 42.6 Å². The van der Waals surface area contributed by atoms with Gasteiger partial charge < -0.3 is 10.6 Å². The highest BCUT2D eigenvalue weighted by Crippen LogP contribution is 2.15. The second kappa shape index (κ2) is 8.96. The van der Waals surface area contributed by atoms with Crippen molar-refractivity contribution in [2.45, 2.75) is 31.7 Å². The molecule has 1 heterocycles. The maximum Gasteiger partial charge on any atom is 0.191 e. The molecule has 8 heteroatoms. The number of rotatable bonds is 7. The molecule has 0 aliphatic carbocycles. The van der Waals surface area contributed by atoms with E-state index in [4.69, 9.17) is 0 Å². The summed E-state index contributed by atoms with van der Waals surface area (Å²) < 4.78 is 24.4. The van der Waals surface area contributed by atoms with Crippen LogP contribution in [0.4, 0.5) is 0 Å². The average Bonchev–Trinajstić information content (AvgIpc) is 2.93. The molecule has 0 unspecified atom stereocenters. The molecule has 0 aliphatic heterocycles. The van der Waals surface area contributed by atoms with Crippen LogP contribution in [-0.2, 0) is 16.4 Å². The molecule has 0 fully saturated rings. The minimum Gasteiger partial charge on any atom is -0.356 e. The molecule has 0 saturated carbocycles. The van der Waals surface area contributed by atoms with E-state index in [1.165, 1.54) is 4.88 Å². The molecule has 0 amide bonds. The molecule has 0 radical (unpaired) electrons. The van der Waals surface area contributed by atoms with Crippen molar-refractivity contribution in [2.75, 3.05) is 19.3 Å². The number of sulfone groups is 1. The Hall–Kier alpha value is -1.93. The normalized spacial score (nSPS) is 12.2. The first-order valence-electron chi connectivity index (χ1n) is 8.07. The molecule has 25 heavy (non-hydrogen) atoms. The van der Waals surface area contributed by atoms with Gasteiger partial charge in [-0.2, -0.15) is 0 Å². The molecule has 0 saturated heterocycles. The predicted octanol–water partition coefficient (Wildman–Crippen LogP) is 2.29. The van der Waals surface area contributed by atoms with Crippen molar-refractivity contribution in [2.24, 2.45) is 4.99 Å². The first-order chi connectivity index (χ1) is 11.9. The number of nitrogens with zero attached hydrogens (tertiary/aromatic N) is 2. The SMILES string of the molecule is CN=C(NCCCS(=O)(=O)c1ccccc1)NCc1nc(C)c(C)s1. The fourth-order valence-electron chi connectivity index (χ4n) is 2.21. The van der Waals surface area contributed by atoms with Crippen molar-refractivity contribution in [3.63, 3.8) is 0 Å². The van der Waals surface area contributed by atoms with Gasteiger partial charge in [-0.05, 0) is 32.4 Å². The van der Waals surface area contributed by atoms with Crippen LogP contribution < -0.4 is 10.6 Å². The molecule has 1 aromatic heterocycles. The summed E-state index contributed by atoms with van der Waals surface area (Å²) in [5.74, 6) is 0.744. The van der Waals surface area contributed by atoms with E-state index < -0.39 is 9.84 Å². The minimum absolute atomic E-state index is 0.103. The standard InChI is InChI=1S/C17H24N4O2S2/c1-13-14(2)24-16(21-13)12-20-17(18-3)19-10-7-11-25(22,23)15-8-5-4-6-9-15/h4-6,8-9H,7,10-12H2,1-3H3,(H2,18,19,20). The van der Waals surface area contributed by atoms with Gasteiger partial charge in [-0.15, -0.1) is 11.3 Å². The minimum atomic E-state index is -3.23. The van der Waals surface area contributed by atoms with E-state index in [0.29, 0.717) is 30.4 Å². The van der Waals surface area contributed by atoms with E-state index in [0.717, 1.165) is 10.7 Å². The Morgan fingerprint density at radius 1 is 1.20 bits per heavy atom. The van der Waals surface area contributed by atoms with Gasteiger partial charge in [0, 0.05) is 18.5 Å². The number of aliphatic imine (C=N–C) groups is 1. The van der Waals surface area contributed by atoms with Gasteiger partial charge in [-0.25, -0.2) is 13.4 Å². The molecule has 136 valence electrons. The maximum atomic E-state index is 12.2. The quantitative estimate of drug-likeness (QED) is 0.437. The van der Waals surface area contributed by atoms with Gasteiger partial charge in [0.2, 0.25) is 0 Å². The highest BCUT2D eigenvalue weighted by molar-refractivity contribution is 7.91. The summed E-state index contributed by atoms with van der Waals surface area (Å²) in [5, 5.41) is 7.33. The lowest BCUT2D eigenvalue weighted by Gasteiger charge is -2.11. The van der Waals surface area contributed by atoms with Gasteiger partial charge in [0.05, 0.1) is 22.9 Å². The van der Waals surface area contributed by atoms with Crippen LogP contribution in [0.25, 0.3) is 0 Å². The van der Waals surface area contributed by atoms with E-state index in [1.807, 2.05) is 13.0 Å². The Bertz CT molecular complexity index is 795. The molecule has 2 N–H and O–H groups in total. The van der Waals surface area contributed by atoms with Gasteiger partial charge in [0.1, 0.15) is 5.01 Å². The summed E-state index contributed by atoms with van der Waals surface area (Å²) >= 11 is 1.66. The van der Waals surface area contributed by atoms with Crippen molar-refractivity contribution in [1.29, 1.82) is 0 Å². The Morgan fingerprint density at radius 3 is 2.52 bits per heavy atom. The van der Waals surface area contributed by atoms with Crippen molar-refractivity contribution < 1.29 is 8.42 Å². The zero-order chi connectivity index (χ0) is 18.3. The molecule has 0 atom stereocenters. The van der Waals surface area contributed by atoms with E-state index >= 15 is 0 Å². The van der Waals surface area contributed by atoms with Gasteiger partial charge >= 0.3 is 0 Å². The van der Waals surface area contributed by atoms with E-state index in [-0.39, 0.29) is 5.75 Å². The number of aromatic nitrogens is 1.